The first-order valence-electron chi connectivity index (χ1n) is 7.58. The van der Waals surface area contributed by atoms with Gasteiger partial charge in [0.1, 0.15) is 24.4 Å². The van der Waals surface area contributed by atoms with Crippen molar-refractivity contribution in [3.05, 3.63) is 0 Å². The molecule has 0 spiro atoms. The van der Waals surface area contributed by atoms with E-state index in [0.717, 1.165) is 4.90 Å². The molecule has 0 radical (unpaired) electrons. The normalized spacial score (nSPS) is 26.2. The van der Waals surface area contributed by atoms with Crippen LogP contribution in [0.4, 0.5) is 4.79 Å². The summed E-state index contributed by atoms with van der Waals surface area (Å²) < 4.78 is 5.15. The molecule has 1 aliphatic rings. The quantitative estimate of drug-likeness (QED) is 0.215. The standard InChI is InChI=1S/C13H22N4O9/c14-5(12(23)24)3-8(20)16-7(19)1-2-17(13(15)25)11-10(22)9(21)6(4-18)26-11/h5-6,9-11,18,21-22H,1-4,14H2,(H2,15,25)(H,23,24)(H,16,19,20)/t5-,6+,9?,10?,11+/m0/s1. The number of aliphatic hydroxyl groups excluding tert-OH is 3. The van der Waals surface area contributed by atoms with Gasteiger partial charge < -0.3 is 36.6 Å². The van der Waals surface area contributed by atoms with Crippen molar-refractivity contribution in [3.8, 4) is 0 Å². The molecule has 26 heavy (non-hydrogen) atoms. The number of primary amides is 1. The first kappa shape index (κ1) is 21.7. The third-order valence-electron chi connectivity index (χ3n) is 3.69. The lowest BCUT2D eigenvalue weighted by atomic mass is 10.1. The molecule has 0 aromatic carbocycles. The summed E-state index contributed by atoms with van der Waals surface area (Å²) in [5, 5.41) is 39.1. The van der Waals surface area contributed by atoms with E-state index in [-0.39, 0.29) is 6.54 Å². The monoisotopic (exact) mass is 378 g/mol. The van der Waals surface area contributed by atoms with Gasteiger partial charge in [-0.2, -0.15) is 0 Å². The van der Waals surface area contributed by atoms with E-state index in [2.05, 4.69) is 0 Å². The highest BCUT2D eigenvalue weighted by Gasteiger charge is 2.46. The van der Waals surface area contributed by atoms with Crippen LogP contribution in [-0.2, 0) is 19.1 Å². The van der Waals surface area contributed by atoms with Crippen molar-refractivity contribution in [2.24, 2.45) is 11.5 Å². The van der Waals surface area contributed by atoms with E-state index in [0.29, 0.717) is 0 Å². The van der Waals surface area contributed by atoms with Gasteiger partial charge in [-0.1, -0.05) is 0 Å². The van der Waals surface area contributed by atoms with Gasteiger partial charge in [-0.05, 0) is 0 Å². The number of carbonyl (C=O) groups is 4. The minimum Gasteiger partial charge on any atom is -0.480 e. The van der Waals surface area contributed by atoms with Crippen LogP contribution in [0.15, 0.2) is 0 Å². The lowest BCUT2D eigenvalue weighted by molar-refractivity contribution is -0.141. The molecule has 1 fully saturated rings. The third kappa shape index (κ3) is 5.60. The number of hydrogen-bond acceptors (Lipinski definition) is 9. The van der Waals surface area contributed by atoms with Gasteiger partial charge in [0.25, 0.3) is 0 Å². The molecule has 13 heteroatoms. The van der Waals surface area contributed by atoms with Gasteiger partial charge in [0, 0.05) is 13.0 Å². The van der Waals surface area contributed by atoms with E-state index < -0.39 is 73.8 Å². The average molecular weight is 378 g/mol. The number of ether oxygens (including phenoxy) is 1. The molecule has 0 aromatic rings. The third-order valence-corrected chi connectivity index (χ3v) is 3.69. The zero-order chi connectivity index (χ0) is 20.0. The van der Waals surface area contributed by atoms with Crippen LogP contribution < -0.4 is 16.8 Å². The first-order chi connectivity index (χ1) is 12.1. The van der Waals surface area contributed by atoms with Crippen LogP contribution in [0.5, 0.6) is 0 Å². The van der Waals surface area contributed by atoms with Crippen LogP contribution in [0.25, 0.3) is 0 Å². The Morgan fingerprint density at radius 1 is 1.15 bits per heavy atom. The summed E-state index contributed by atoms with van der Waals surface area (Å²) in [5.74, 6) is -3.16. The molecule has 1 aliphatic heterocycles. The van der Waals surface area contributed by atoms with Gasteiger partial charge in [-0.15, -0.1) is 0 Å². The molecule has 0 aromatic heterocycles. The molecule has 9 N–H and O–H groups in total. The molecule has 1 heterocycles. The highest BCUT2D eigenvalue weighted by Crippen LogP contribution is 2.24. The van der Waals surface area contributed by atoms with Crippen molar-refractivity contribution < 1.29 is 44.3 Å². The fourth-order valence-corrected chi connectivity index (χ4v) is 2.28. The van der Waals surface area contributed by atoms with Crippen LogP contribution >= 0.6 is 0 Å². The molecule has 148 valence electrons. The highest BCUT2D eigenvalue weighted by molar-refractivity contribution is 5.97. The van der Waals surface area contributed by atoms with Crippen LogP contribution in [0.2, 0.25) is 0 Å². The molecular weight excluding hydrogens is 356 g/mol. The molecule has 0 saturated carbocycles. The predicted octanol–water partition coefficient (Wildman–Crippen LogP) is -4.36. The van der Waals surface area contributed by atoms with Crippen LogP contribution in [-0.4, -0.2) is 92.9 Å². The number of nitrogens with two attached hydrogens (primary N) is 2. The Labute approximate surface area is 147 Å². The number of carboxylic acid groups (broad SMARTS) is 1. The van der Waals surface area contributed by atoms with Crippen molar-refractivity contribution >= 4 is 23.8 Å². The molecule has 1 rings (SSSR count). The SMILES string of the molecule is NC(=O)N(CCC(=O)NC(=O)C[C@H](N)C(=O)O)[C@@H]1O[C@H](CO)C(O)C1O. The van der Waals surface area contributed by atoms with E-state index in [1.54, 1.807) is 0 Å². The molecule has 1 saturated heterocycles. The number of aliphatic hydroxyl groups is 3. The second-order valence-corrected chi connectivity index (χ2v) is 5.63. The van der Waals surface area contributed by atoms with Crippen molar-refractivity contribution in [2.75, 3.05) is 13.2 Å². The first-order valence-corrected chi connectivity index (χ1v) is 7.58. The molecule has 0 bridgehead atoms. The number of carbonyl (C=O) groups excluding carboxylic acids is 3. The number of nitrogens with zero attached hydrogens (tertiary/aromatic N) is 1. The highest BCUT2D eigenvalue weighted by atomic mass is 16.6. The van der Waals surface area contributed by atoms with E-state index >= 15 is 0 Å². The number of rotatable bonds is 8. The predicted molar refractivity (Wildman–Crippen MR) is 82.0 cm³/mol. The number of hydrogen-bond donors (Lipinski definition) is 7. The van der Waals surface area contributed by atoms with Crippen LogP contribution in [0.3, 0.4) is 0 Å². The summed E-state index contributed by atoms with van der Waals surface area (Å²) in [7, 11) is 0. The van der Waals surface area contributed by atoms with Crippen molar-refractivity contribution in [3.63, 3.8) is 0 Å². The van der Waals surface area contributed by atoms with Crippen molar-refractivity contribution in [1.29, 1.82) is 0 Å². The molecule has 0 aliphatic carbocycles. The maximum absolute atomic E-state index is 11.7. The van der Waals surface area contributed by atoms with Gasteiger partial charge in [0.05, 0.1) is 13.0 Å². The van der Waals surface area contributed by atoms with Gasteiger partial charge in [-0.3, -0.25) is 24.6 Å². The summed E-state index contributed by atoms with van der Waals surface area (Å²) in [6, 6.07) is -2.53. The zero-order valence-corrected chi connectivity index (χ0v) is 13.6. The van der Waals surface area contributed by atoms with Gasteiger partial charge in [0.2, 0.25) is 11.8 Å². The number of amides is 4. The number of imide groups is 1. The topological polar surface area (TPSA) is 226 Å². The van der Waals surface area contributed by atoms with E-state index in [1.807, 2.05) is 5.32 Å². The smallest absolute Gasteiger partial charge is 0.321 e. The zero-order valence-electron chi connectivity index (χ0n) is 13.6. The summed E-state index contributed by atoms with van der Waals surface area (Å²) >= 11 is 0. The van der Waals surface area contributed by atoms with Crippen LogP contribution in [0, 0.1) is 0 Å². The molecule has 2 unspecified atom stereocenters. The Morgan fingerprint density at radius 2 is 1.77 bits per heavy atom. The van der Waals surface area contributed by atoms with Crippen molar-refractivity contribution in [2.45, 2.75) is 43.4 Å². The maximum Gasteiger partial charge on any atom is 0.321 e. The number of urea groups is 1. The summed E-state index contributed by atoms with van der Waals surface area (Å²) in [5.41, 5.74) is 10.3. The van der Waals surface area contributed by atoms with E-state index in [9.17, 15) is 29.4 Å². The van der Waals surface area contributed by atoms with E-state index in [1.165, 1.54) is 0 Å². The Morgan fingerprint density at radius 3 is 2.23 bits per heavy atom. The van der Waals surface area contributed by atoms with Gasteiger partial charge in [0.15, 0.2) is 6.23 Å². The van der Waals surface area contributed by atoms with Gasteiger partial charge >= 0.3 is 12.0 Å². The summed E-state index contributed by atoms with van der Waals surface area (Å²) in [4.78, 5) is 46.0. The Balaban J connectivity index is 2.59. The number of carboxylic acids is 1. The van der Waals surface area contributed by atoms with Gasteiger partial charge in [-0.25, -0.2) is 4.79 Å². The van der Waals surface area contributed by atoms with Crippen LogP contribution in [0.1, 0.15) is 12.8 Å². The fourth-order valence-electron chi connectivity index (χ4n) is 2.28. The lowest BCUT2D eigenvalue weighted by Gasteiger charge is -2.28. The molecular formula is C13H22N4O9. The maximum atomic E-state index is 11.7. The largest absolute Gasteiger partial charge is 0.480 e. The summed E-state index contributed by atoms with van der Waals surface area (Å²) in [6.07, 6.45) is -6.58. The second-order valence-electron chi connectivity index (χ2n) is 5.63. The second kappa shape index (κ2) is 9.40. The Kier molecular flexibility index (Phi) is 7.85. The fraction of sp³-hybridized carbons (Fsp3) is 0.692. The minimum absolute atomic E-state index is 0.369. The number of nitrogens with one attached hydrogen (secondary N) is 1. The Bertz CT molecular complexity index is 558. The average Bonchev–Trinajstić information content (AvgIpc) is 2.82. The molecule has 4 amide bonds. The summed E-state index contributed by atoms with van der Waals surface area (Å²) in [6.45, 7) is -0.980. The molecule has 13 nitrogen and oxygen atoms in total. The Hall–Kier alpha value is -2.32. The lowest BCUT2D eigenvalue weighted by Crippen LogP contribution is -2.50. The minimum atomic E-state index is -1.56. The van der Waals surface area contributed by atoms with Crippen molar-refractivity contribution in [1.82, 2.24) is 10.2 Å². The molecule has 5 atom stereocenters. The van der Waals surface area contributed by atoms with E-state index in [4.69, 9.17) is 26.4 Å². The number of aliphatic carboxylic acids is 1.